The van der Waals surface area contributed by atoms with Crippen molar-refractivity contribution in [1.82, 2.24) is 5.32 Å². The van der Waals surface area contributed by atoms with Crippen LogP contribution >= 0.6 is 0 Å². The zero-order chi connectivity index (χ0) is 12.2. The molecule has 4 nitrogen and oxygen atoms in total. The van der Waals surface area contributed by atoms with Gasteiger partial charge in [0.25, 0.3) is 0 Å². The maximum Gasteiger partial charge on any atom is 0.407 e. The molecule has 1 unspecified atom stereocenters. The van der Waals surface area contributed by atoms with Crippen LogP contribution in [0.15, 0.2) is 0 Å². The lowest BCUT2D eigenvalue weighted by molar-refractivity contribution is -0.112. The Hall–Kier alpha value is -1.06. The number of carbonyl (C=O) groups is 2. The van der Waals surface area contributed by atoms with Gasteiger partial charge in [-0.1, -0.05) is 12.8 Å². The molecule has 16 heavy (non-hydrogen) atoms. The average molecular weight is 227 g/mol. The quantitative estimate of drug-likeness (QED) is 0.736. The summed E-state index contributed by atoms with van der Waals surface area (Å²) in [5.41, 5.74) is -0.491. The van der Waals surface area contributed by atoms with Crippen molar-refractivity contribution < 1.29 is 14.3 Å². The molecule has 0 spiro atoms. The first-order valence-corrected chi connectivity index (χ1v) is 5.87. The minimum absolute atomic E-state index is 0.0544. The van der Waals surface area contributed by atoms with E-state index in [2.05, 4.69) is 5.32 Å². The Bertz CT molecular complexity index is 257. The van der Waals surface area contributed by atoms with Gasteiger partial charge in [-0.3, -0.25) is 0 Å². The van der Waals surface area contributed by atoms with Gasteiger partial charge >= 0.3 is 6.09 Å². The van der Waals surface area contributed by atoms with Crippen LogP contribution in [-0.2, 0) is 9.53 Å². The van der Waals surface area contributed by atoms with E-state index in [9.17, 15) is 9.59 Å². The molecule has 92 valence electrons. The first kappa shape index (κ1) is 13.0. The van der Waals surface area contributed by atoms with Crippen LogP contribution in [0.3, 0.4) is 0 Å². The SMILES string of the molecule is CC(C)(C)OC(=O)N[C@@H]1CCCCC1C=O. The molecule has 1 fully saturated rings. The second-order valence-corrected chi connectivity index (χ2v) is 5.34. The van der Waals surface area contributed by atoms with Crippen LogP contribution in [0.2, 0.25) is 0 Å². The monoisotopic (exact) mass is 227 g/mol. The zero-order valence-corrected chi connectivity index (χ0v) is 10.3. The number of nitrogens with one attached hydrogen (secondary N) is 1. The number of ether oxygens (including phenoxy) is 1. The van der Waals surface area contributed by atoms with Gasteiger partial charge in [0, 0.05) is 12.0 Å². The van der Waals surface area contributed by atoms with Crippen LogP contribution in [0.25, 0.3) is 0 Å². The Morgan fingerprint density at radius 3 is 2.50 bits per heavy atom. The predicted octanol–water partition coefficient (Wildman–Crippen LogP) is 2.27. The van der Waals surface area contributed by atoms with Crippen LogP contribution < -0.4 is 5.32 Å². The summed E-state index contributed by atoms with van der Waals surface area (Å²) in [7, 11) is 0. The molecule has 0 aliphatic heterocycles. The summed E-state index contributed by atoms with van der Waals surface area (Å²) >= 11 is 0. The predicted molar refractivity (Wildman–Crippen MR) is 61.2 cm³/mol. The second kappa shape index (κ2) is 5.32. The van der Waals surface area contributed by atoms with Crippen molar-refractivity contribution in [2.75, 3.05) is 0 Å². The maximum atomic E-state index is 11.5. The van der Waals surface area contributed by atoms with E-state index < -0.39 is 11.7 Å². The lowest BCUT2D eigenvalue weighted by atomic mass is 9.86. The summed E-state index contributed by atoms with van der Waals surface area (Å²) < 4.78 is 5.17. The molecule has 2 atom stereocenters. The molecule has 1 amide bonds. The molecule has 0 aromatic rings. The van der Waals surface area contributed by atoms with Gasteiger partial charge < -0.3 is 14.8 Å². The summed E-state index contributed by atoms with van der Waals surface area (Å²) in [5.74, 6) is -0.0544. The van der Waals surface area contributed by atoms with Gasteiger partial charge in [0.2, 0.25) is 0 Å². The Labute approximate surface area is 96.7 Å². The average Bonchev–Trinajstić information content (AvgIpc) is 2.15. The third-order valence-corrected chi connectivity index (χ3v) is 2.70. The number of rotatable bonds is 2. The van der Waals surface area contributed by atoms with Crippen LogP contribution in [0.4, 0.5) is 4.79 Å². The largest absolute Gasteiger partial charge is 0.444 e. The van der Waals surface area contributed by atoms with Crippen molar-refractivity contribution in [2.24, 2.45) is 5.92 Å². The molecule has 1 aliphatic carbocycles. The third kappa shape index (κ3) is 4.21. The number of carbonyl (C=O) groups excluding carboxylic acids is 2. The molecule has 1 rings (SSSR count). The van der Waals surface area contributed by atoms with E-state index in [4.69, 9.17) is 4.74 Å². The van der Waals surface area contributed by atoms with Gasteiger partial charge in [0.15, 0.2) is 0 Å². The van der Waals surface area contributed by atoms with Crippen LogP contribution in [0, 0.1) is 5.92 Å². The Morgan fingerprint density at radius 1 is 1.31 bits per heavy atom. The highest BCUT2D eigenvalue weighted by Crippen LogP contribution is 2.23. The fourth-order valence-electron chi connectivity index (χ4n) is 1.96. The molecule has 1 aliphatic rings. The van der Waals surface area contributed by atoms with E-state index in [0.29, 0.717) is 0 Å². The first-order valence-electron chi connectivity index (χ1n) is 5.87. The van der Waals surface area contributed by atoms with Gasteiger partial charge in [-0.2, -0.15) is 0 Å². The van der Waals surface area contributed by atoms with E-state index >= 15 is 0 Å². The summed E-state index contributed by atoms with van der Waals surface area (Å²) in [6.45, 7) is 5.47. The standard InChI is InChI=1S/C12H21NO3/c1-12(2,3)16-11(15)13-10-7-5-4-6-9(10)8-14/h8-10H,4-7H2,1-3H3,(H,13,15)/t9?,10-/m1/s1. The van der Waals surface area contributed by atoms with E-state index in [0.717, 1.165) is 32.0 Å². The number of alkyl carbamates (subject to hydrolysis) is 1. The fourth-order valence-corrected chi connectivity index (χ4v) is 1.96. The topological polar surface area (TPSA) is 55.4 Å². The summed E-state index contributed by atoms with van der Waals surface area (Å²) in [4.78, 5) is 22.4. The summed E-state index contributed by atoms with van der Waals surface area (Å²) in [6, 6.07) is -0.0545. The number of hydrogen-bond donors (Lipinski definition) is 1. The highest BCUT2D eigenvalue weighted by Gasteiger charge is 2.27. The van der Waals surface area contributed by atoms with Crippen LogP contribution in [0.5, 0.6) is 0 Å². The summed E-state index contributed by atoms with van der Waals surface area (Å²) in [5, 5.41) is 2.78. The molecule has 4 heteroatoms. The van der Waals surface area contributed by atoms with Crippen LogP contribution in [0.1, 0.15) is 46.5 Å². The smallest absolute Gasteiger partial charge is 0.407 e. The molecule has 0 radical (unpaired) electrons. The molecule has 0 heterocycles. The zero-order valence-electron chi connectivity index (χ0n) is 10.3. The number of aldehydes is 1. The first-order chi connectivity index (χ1) is 7.42. The van der Waals surface area contributed by atoms with E-state index in [1.54, 1.807) is 0 Å². The Kier molecular flexibility index (Phi) is 4.33. The summed E-state index contributed by atoms with van der Waals surface area (Å²) in [6.07, 6.45) is 4.38. The van der Waals surface area contributed by atoms with Crippen LogP contribution in [-0.4, -0.2) is 24.0 Å². The van der Waals surface area contributed by atoms with Gasteiger partial charge in [0.05, 0.1) is 0 Å². The van der Waals surface area contributed by atoms with Crippen molar-refractivity contribution >= 4 is 12.4 Å². The van der Waals surface area contributed by atoms with Gasteiger partial charge in [-0.15, -0.1) is 0 Å². The Morgan fingerprint density at radius 2 is 1.94 bits per heavy atom. The third-order valence-electron chi connectivity index (χ3n) is 2.70. The van der Waals surface area contributed by atoms with Crippen molar-refractivity contribution in [3.63, 3.8) is 0 Å². The lowest BCUT2D eigenvalue weighted by Crippen LogP contribution is -2.44. The maximum absolute atomic E-state index is 11.5. The molecule has 0 bridgehead atoms. The minimum Gasteiger partial charge on any atom is -0.444 e. The van der Waals surface area contributed by atoms with Crippen molar-refractivity contribution in [3.05, 3.63) is 0 Å². The Balaban J connectivity index is 2.45. The van der Waals surface area contributed by atoms with Crippen molar-refractivity contribution in [3.8, 4) is 0 Å². The van der Waals surface area contributed by atoms with E-state index in [1.807, 2.05) is 20.8 Å². The van der Waals surface area contributed by atoms with Crippen molar-refractivity contribution in [1.29, 1.82) is 0 Å². The molecule has 0 saturated heterocycles. The number of hydrogen-bond acceptors (Lipinski definition) is 3. The normalized spacial score (nSPS) is 25.9. The van der Waals surface area contributed by atoms with Crippen molar-refractivity contribution in [2.45, 2.75) is 58.1 Å². The van der Waals surface area contributed by atoms with Gasteiger partial charge in [-0.25, -0.2) is 4.79 Å². The molecular formula is C12H21NO3. The van der Waals surface area contributed by atoms with Gasteiger partial charge in [-0.05, 0) is 33.6 Å². The molecule has 0 aromatic carbocycles. The lowest BCUT2D eigenvalue weighted by Gasteiger charge is -2.29. The second-order valence-electron chi connectivity index (χ2n) is 5.34. The highest BCUT2D eigenvalue weighted by atomic mass is 16.6. The minimum atomic E-state index is -0.491. The molecule has 0 aromatic heterocycles. The molecular weight excluding hydrogens is 206 g/mol. The fraction of sp³-hybridized carbons (Fsp3) is 0.833. The molecule has 1 saturated carbocycles. The molecule has 1 N–H and O–H groups in total. The van der Waals surface area contributed by atoms with E-state index in [-0.39, 0.29) is 12.0 Å². The van der Waals surface area contributed by atoms with Gasteiger partial charge in [0.1, 0.15) is 11.9 Å². The van der Waals surface area contributed by atoms with E-state index in [1.165, 1.54) is 0 Å². The highest BCUT2D eigenvalue weighted by molar-refractivity contribution is 5.69. The number of amides is 1.